The maximum Gasteiger partial charge on any atom is 0.354 e. The normalized spacial score (nSPS) is 11.5. The minimum atomic E-state index is -0.583. The molecule has 12 nitrogen and oxygen atoms in total. The smallest absolute Gasteiger partial charge is 0.354 e. The average molecular weight is 645 g/mol. The van der Waals surface area contributed by atoms with E-state index in [2.05, 4.69) is 20.0 Å². The summed E-state index contributed by atoms with van der Waals surface area (Å²) in [5, 5.41) is 0.601. The molecular formula is C30H39ClF2N10O2. The van der Waals surface area contributed by atoms with E-state index in [9.17, 15) is 9.18 Å². The van der Waals surface area contributed by atoms with Gasteiger partial charge in [0.2, 0.25) is 0 Å². The van der Waals surface area contributed by atoms with Gasteiger partial charge >= 0.3 is 5.69 Å². The maximum atomic E-state index is 15.0. The van der Waals surface area contributed by atoms with Gasteiger partial charge in [-0.3, -0.25) is 14.6 Å². The van der Waals surface area contributed by atoms with Gasteiger partial charge in [-0.15, -0.1) is 0 Å². The molecule has 0 amide bonds. The van der Waals surface area contributed by atoms with E-state index < -0.39 is 24.2 Å². The van der Waals surface area contributed by atoms with Crippen molar-refractivity contribution in [3.05, 3.63) is 81.1 Å². The zero-order valence-corrected chi connectivity index (χ0v) is 25.7. The van der Waals surface area contributed by atoms with Gasteiger partial charge in [0.1, 0.15) is 12.3 Å². The van der Waals surface area contributed by atoms with Gasteiger partial charge in [0.25, 0.3) is 0 Å². The van der Waals surface area contributed by atoms with Gasteiger partial charge in [0.15, 0.2) is 17.7 Å². The molecule has 2 aromatic heterocycles. The van der Waals surface area contributed by atoms with Crippen LogP contribution in [0.15, 0.2) is 63.4 Å². The standard InChI is InChI=1S/C28H32ClF2N7O2.C2H7N3/c29-23-12-18(3-1-4-20(32)14-30)11-22(25(23)31)24-13-19-15-38(28(39)37-26(19)36-24)21-7-5-17(6-8-21)16-40-10-2-9-35-27(33)34;1-5-2(3)4/h5-8,11-13,15,20H,1-4,9-10,14,16,32H2,(H4,33,34,35)(H,36,37,39);1H3,(H4,3,4,5). The molecule has 0 spiro atoms. The Kier molecular flexibility index (Phi) is 13.3. The van der Waals surface area contributed by atoms with Crippen molar-refractivity contribution in [1.82, 2.24) is 14.5 Å². The Morgan fingerprint density at radius 3 is 2.44 bits per heavy atom. The highest BCUT2D eigenvalue weighted by Gasteiger charge is 2.16. The molecule has 4 rings (SSSR count). The van der Waals surface area contributed by atoms with Crippen molar-refractivity contribution < 1.29 is 13.5 Å². The van der Waals surface area contributed by atoms with Gasteiger partial charge in [0, 0.05) is 43.4 Å². The number of hydrogen-bond donors (Lipinski definition) is 6. The predicted octanol–water partition coefficient (Wildman–Crippen LogP) is 2.86. The van der Waals surface area contributed by atoms with E-state index in [0.29, 0.717) is 67.9 Å². The van der Waals surface area contributed by atoms with Crippen LogP contribution in [0, 0.1) is 5.82 Å². The number of aromatic amines is 1. The Balaban J connectivity index is 0.00000102. The van der Waals surface area contributed by atoms with Crippen LogP contribution in [-0.4, -0.2) is 59.4 Å². The molecule has 0 aliphatic heterocycles. The van der Waals surface area contributed by atoms with Crippen LogP contribution in [0.1, 0.15) is 30.4 Å². The van der Waals surface area contributed by atoms with E-state index in [4.69, 9.17) is 45.0 Å². The first-order valence-corrected chi connectivity index (χ1v) is 14.5. The summed E-state index contributed by atoms with van der Waals surface area (Å²) in [5.41, 5.74) is 28.8. The van der Waals surface area contributed by atoms with Crippen LogP contribution in [0.5, 0.6) is 0 Å². The number of alkyl halides is 1. The number of hydrogen-bond acceptors (Lipinski definition) is 6. The minimum Gasteiger partial charge on any atom is -0.377 e. The highest BCUT2D eigenvalue weighted by Crippen LogP contribution is 2.31. The lowest BCUT2D eigenvalue weighted by Crippen LogP contribution is -2.23. The first-order valence-electron chi connectivity index (χ1n) is 14.1. The van der Waals surface area contributed by atoms with E-state index in [1.54, 1.807) is 36.5 Å². The largest absolute Gasteiger partial charge is 0.377 e. The van der Waals surface area contributed by atoms with Crippen LogP contribution < -0.4 is 34.4 Å². The number of H-pyrrole nitrogens is 1. The van der Waals surface area contributed by atoms with E-state index in [1.807, 2.05) is 12.1 Å². The maximum absolute atomic E-state index is 15.0. The molecule has 1 unspecified atom stereocenters. The zero-order valence-electron chi connectivity index (χ0n) is 25.0. The zero-order chi connectivity index (χ0) is 32.9. The van der Waals surface area contributed by atoms with Gasteiger partial charge in [-0.1, -0.05) is 23.7 Å². The van der Waals surface area contributed by atoms with Crippen LogP contribution in [0.25, 0.3) is 28.0 Å². The monoisotopic (exact) mass is 644 g/mol. The second-order valence-electron chi connectivity index (χ2n) is 10.2. The van der Waals surface area contributed by atoms with Crippen molar-refractivity contribution in [1.29, 1.82) is 0 Å². The minimum absolute atomic E-state index is 0.0219. The Bertz CT molecular complexity index is 1660. The van der Waals surface area contributed by atoms with E-state index in [0.717, 1.165) is 11.1 Å². The molecule has 2 heterocycles. The number of nitrogens with one attached hydrogen (secondary N) is 1. The average Bonchev–Trinajstić information content (AvgIpc) is 3.43. The summed E-state index contributed by atoms with van der Waals surface area (Å²) in [7, 11) is 1.54. The van der Waals surface area contributed by atoms with Crippen molar-refractivity contribution in [2.75, 3.05) is 26.9 Å². The molecule has 2 aromatic carbocycles. The van der Waals surface area contributed by atoms with Crippen LogP contribution in [0.2, 0.25) is 5.02 Å². The molecular weight excluding hydrogens is 606 g/mol. The van der Waals surface area contributed by atoms with Crippen molar-refractivity contribution in [2.24, 2.45) is 38.7 Å². The number of aliphatic imine (C=N–C) groups is 2. The molecule has 0 fully saturated rings. The third-order valence-corrected chi connectivity index (χ3v) is 6.88. The first kappa shape index (κ1) is 35.0. The molecule has 0 aliphatic rings. The topological polar surface area (TPSA) is 215 Å². The Morgan fingerprint density at radius 2 is 1.80 bits per heavy atom. The molecule has 4 aromatic rings. The third-order valence-electron chi connectivity index (χ3n) is 6.61. The van der Waals surface area contributed by atoms with Gasteiger partial charge in [0.05, 0.1) is 23.0 Å². The van der Waals surface area contributed by atoms with Crippen LogP contribution in [-0.2, 0) is 17.8 Å². The van der Waals surface area contributed by atoms with E-state index in [1.165, 1.54) is 11.6 Å². The molecule has 0 saturated heterocycles. The molecule has 0 radical (unpaired) electrons. The fourth-order valence-corrected chi connectivity index (χ4v) is 4.52. The Hall–Kier alpha value is -4.53. The molecule has 0 saturated carbocycles. The fraction of sp³-hybridized carbons (Fsp3) is 0.333. The van der Waals surface area contributed by atoms with Crippen molar-refractivity contribution in [2.45, 2.75) is 38.3 Å². The number of nitrogens with two attached hydrogens (primary N) is 5. The number of rotatable bonds is 13. The fourth-order valence-electron chi connectivity index (χ4n) is 4.27. The second-order valence-corrected chi connectivity index (χ2v) is 10.6. The van der Waals surface area contributed by atoms with E-state index >= 15 is 4.39 Å². The summed E-state index contributed by atoms with van der Waals surface area (Å²) < 4.78 is 34.7. The van der Waals surface area contributed by atoms with Crippen LogP contribution in [0.4, 0.5) is 8.78 Å². The van der Waals surface area contributed by atoms with Gasteiger partial charge in [-0.2, -0.15) is 4.98 Å². The van der Waals surface area contributed by atoms with Crippen LogP contribution >= 0.6 is 11.6 Å². The highest BCUT2D eigenvalue weighted by atomic mass is 35.5. The van der Waals surface area contributed by atoms with Gasteiger partial charge in [-0.05, 0) is 67.1 Å². The highest BCUT2D eigenvalue weighted by molar-refractivity contribution is 6.31. The number of fused-ring (bicyclic) bond motifs is 1. The summed E-state index contributed by atoms with van der Waals surface area (Å²) in [6.45, 7) is 0.838. The Labute approximate surface area is 264 Å². The first-order chi connectivity index (χ1) is 21.5. The molecule has 242 valence electrons. The summed E-state index contributed by atoms with van der Waals surface area (Å²) in [6, 6.07) is 11.8. The summed E-state index contributed by atoms with van der Waals surface area (Å²) in [5.74, 6) is -0.393. The molecule has 11 N–H and O–H groups in total. The number of nitrogens with zero attached hydrogens (tertiary/aromatic N) is 4. The Morgan fingerprint density at radius 1 is 1.09 bits per heavy atom. The summed E-state index contributed by atoms with van der Waals surface area (Å²) in [4.78, 5) is 27.3. The summed E-state index contributed by atoms with van der Waals surface area (Å²) >= 11 is 6.18. The summed E-state index contributed by atoms with van der Waals surface area (Å²) in [6.07, 6.45) is 4.08. The van der Waals surface area contributed by atoms with Crippen molar-refractivity contribution in [3.63, 3.8) is 0 Å². The van der Waals surface area contributed by atoms with Crippen LogP contribution in [0.3, 0.4) is 0 Å². The number of halogens is 3. The lowest BCUT2D eigenvalue weighted by molar-refractivity contribution is 0.120. The van der Waals surface area contributed by atoms with Crippen molar-refractivity contribution >= 4 is 34.6 Å². The molecule has 1 atom stereocenters. The van der Waals surface area contributed by atoms with Gasteiger partial charge in [-0.25, -0.2) is 13.6 Å². The lowest BCUT2D eigenvalue weighted by atomic mass is 10.0. The molecule has 15 heteroatoms. The quantitative estimate of drug-likeness (QED) is 0.0721. The number of aromatic nitrogens is 3. The third kappa shape index (κ3) is 10.6. The SMILES string of the molecule is CN=C(N)N.NC(N)=NCCCOCc1ccc(-n2cc3cc(-c4cc(CCCC(N)CF)cc(Cl)c4F)[nH]c3nc2=O)cc1. The molecule has 0 aliphatic carbocycles. The number of benzene rings is 2. The van der Waals surface area contributed by atoms with E-state index in [-0.39, 0.29) is 22.5 Å². The molecule has 45 heavy (non-hydrogen) atoms. The van der Waals surface area contributed by atoms with Gasteiger partial charge < -0.3 is 38.4 Å². The number of aryl methyl sites for hydroxylation is 1. The lowest BCUT2D eigenvalue weighted by Gasteiger charge is -2.09. The second kappa shape index (κ2) is 17.1. The number of ether oxygens (including phenoxy) is 1. The predicted molar refractivity (Wildman–Crippen MR) is 176 cm³/mol. The van der Waals surface area contributed by atoms with Crippen molar-refractivity contribution in [3.8, 4) is 16.9 Å². The number of guanidine groups is 2. The molecule has 0 bridgehead atoms.